The number of fused-ring (bicyclic) bond motifs is 1. The average molecular weight is 458 g/mol. The number of rotatable bonds is 4. The third-order valence-corrected chi connectivity index (χ3v) is 6.43. The minimum absolute atomic E-state index is 0.116. The smallest absolute Gasteiger partial charge is 0.261 e. The lowest BCUT2D eigenvalue weighted by Gasteiger charge is -2.17. The van der Waals surface area contributed by atoms with Gasteiger partial charge in [0.25, 0.3) is 15.9 Å². The quantitative estimate of drug-likeness (QED) is 0.644. The minimum atomic E-state index is -3.68. The fourth-order valence-electron chi connectivity index (χ4n) is 3.15. The third kappa shape index (κ3) is 3.65. The normalized spacial score (nSPS) is 13.2. The van der Waals surface area contributed by atoms with Gasteiger partial charge >= 0.3 is 0 Å². The summed E-state index contributed by atoms with van der Waals surface area (Å²) >= 11 is 3.30. The van der Waals surface area contributed by atoms with Crippen LogP contribution in [0.15, 0.2) is 76.4 Å². The van der Waals surface area contributed by atoms with Gasteiger partial charge < -0.3 is 4.90 Å². The maximum Gasteiger partial charge on any atom is 0.261 e. The number of amides is 1. The Morgan fingerprint density at radius 1 is 1.11 bits per heavy atom. The maximum atomic E-state index is 12.7. The van der Waals surface area contributed by atoms with Crippen molar-refractivity contribution < 1.29 is 13.2 Å². The lowest BCUT2D eigenvalue weighted by Crippen LogP contribution is -2.28. The Morgan fingerprint density at radius 3 is 2.61 bits per heavy atom. The molecule has 1 N–H and O–H groups in total. The summed E-state index contributed by atoms with van der Waals surface area (Å²) in [5.74, 6) is -0.116. The zero-order chi connectivity index (χ0) is 19.7. The third-order valence-electron chi connectivity index (χ3n) is 4.50. The largest absolute Gasteiger partial charge is 0.308 e. The molecule has 3 aromatic rings. The van der Waals surface area contributed by atoms with Gasteiger partial charge in [-0.3, -0.25) is 14.5 Å². The number of nitrogens with zero attached hydrogens (tertiary/aromatic N) is 2. The SMILES string of the molecule is O=C(c1cccnc1)N1CCc2cc(NS(=O)(=O)c3ccc(Br)cc3)ccc21. The van der Waals surface area contributed by atoms with Gasteiger partial charge in [-0.05, 0) is 66.6 Å². The van der Waals surface area contributed by atoms with E-state index in [-0.39, 0.29) is 10.8 Å². The highest BCUT2D eigenvalue weighted by atomic mass is 79.9. The van der Waals surface area contributed by atoms with Gasteiger partial charge in [0, 0.05) is 34.8 Å². The van der Waals surface area contributed by atoms with Crippen LogP contribution < -0.4 is 9.62 Å². The molecule has 0 fully saturated rings. The molecule has 1 amide bonds. The van der Waals surface area contributed by atoms with E-state index < -0.39 is 10.0 Å². The van der Waals surface area contributed by atoms with E-state index in [9.17, 15) is 13.2 Å². The Labute approximate surface area is 171 Å². The molecule has 142 valence electrons. The van der Waals surface area contributed by atoms with Gasteiger partial charge in [-0.25, -0.2) is 8.42 Å². The Balaban J connectivity index is 1.57. The molecule has 4 rings (SSSR count). The van der Waals surface area contributed by atoms with Crippen molar-refractivity contribution in [3.05, 3.63) is 82.6 Å². The number of sulfonamides is 1. The van der Waals surface area contributed by atoms with Crippen LogP contribution >= 0.6 is 15.9 Å². The molecule has 0 unspecified atom stereocenters. The molecule has 0 saturated heterocycles. The van der Waals surface area contributed by atoms with Crippen molar-refractivity contribution in [1.82, 2.24) is 4.98 Å². The zero-order valence-electron chi connectivity index (χ0n) is 14.7. The number of hydrogen-bond donors (Lipinski definition) is 1. The molecule has 2 aromatic carbocycles. The predicted octanol–water partition coefficient (Wildman–Crippen LogP) is 3.85. The summed E-state index contributed by atoms with van der Waals surface area (Å²) in [5, 5.41) is 0. The molecule has 0 radical (unpaired) electrons. The molecule has 0 spiro atoms. The van der Waals surface area contributed by atoms with Crippen LogP contribution in [-0.2, 0) is 16.4 Å². The van der Waals surface area contributed by atoms with Crippen molar-refractivity contribution in [3.63, 3.8) is 0 Å². The second kappa shape index (κ2) is 7.37. The number of carbonyl (C=O) groups is 1. The van der Waals surface area contributed by atoms with Gasteiger partial charge in [-0.2, -0.15) is 0 Å². The summed E-state index contributed by atoms with van der Waals surface area (Å²) in [6.45, 7) is 0.548. The van der Waals surface area contributed by atoms with Crippen molar-refractivity contribution in [2.45, 2.75) is 11.3 Å². The monoisotopic (exact) mass is 457 g/mol. The summed E-state index contributed by atoms with van der Waals surface area (Å²) in [5.41, 5.74) is 2.71. The molecule has 0 aliphatic carbocycles. The summed E-state index contributed by atoms with van der Waals surface area (Å²) < 4.78 is 28.6. The van der Waals surface area contributed by atoms with Gasteiger partial charge in [0.05, 0.1) is 10.5 Å². The highest BCUT2D eigenvalue weighted by Gasteiger charge is 2.26. The highest BCUT2D eigenvalue weighted by Crippen LogP contribution is 2.32. The molecular weight excluding hydrogens is 442 g/mol. The lowest BCUT2D eigenvalue weighted by molar-refractivity contribution is 0.0989. The van der Waals surface area contributed by atoms with Crippen molar-refractivity contribution in [3.8, 4) is 0 Å². The molecule has 1 aliphatic heterocycles. The number of nitrogens with one attached hydrogen (secondary N) is 1. The Morgan fingerprint density at radius 2 is 1.89 bits per heavy atom. The number of halogens is 1. The van der Waals surface area contributed by atoms with Gasteiger partial charge in [-0.1, -0.05) is 15.9 Å². The van der Waals surface area contributed by atoms with Gasteiger partial charge in [0.1, 0.15) is 0 Å². The Bertz CT molecular complexity index is 1130. The van der Waals surface area contributed by atoms with Gasteiger partial charge in [0.15, 0.2) is 0 Å². The molecule has 1 aromatic heterocycles. The zero-order valence-corrected chi connectivity index (χ0v) is 17.1. The van der Waals surface area contributed by atoms with E-state index in [0.29, 0.717) is 24.2 Å². The topological polar surface area (TPSA) is 79.4 Å². The fourth-order valence-corrected chi connectivity index (χ4v) is 4.46. The van der Waals surface area contributed by atoms with Crippen molar-refractivity contribution in [1.29, 1.82) is 0 Å². The van der Waals surface area contributed by atoms with Crippen LogP contribution in [0.2, 0.25) is 0 Å². The summed E-state index contributed by atoms with van der Waals surface area (Å²) in [4.78, 5) is 18.6. The molecule has 6 nitrogen and oxygen atoms in total. The number of carbonyl (C=O) groups excluding carboxylic acids is 1. The minimum Gasteiger partial charge on any atom is -0.308 e. The number of benzene rings is 2. The Hall–Kier alpha value is -2.71. The maximum absolute atomic E-state index is 12.7. The predicted molar refractivity (Wildman–Crippen MR) is 111 cm³/mol. The first-order chi connectivity index (χ1) is 13.4. The van der Waals surface area contributed by atoms with E-state index in [4.69, 9.17) is 0 Å². The van der Waals surface area contributed by atoms with Crippen LogP contribution in [0.3, 0.4) is 0 Å². The first-order valence-electron chi connectivity index (χ1n) is 8.57. The van der Waals surface area contributed by atoms with Crippen LogP contribution in [0.5, 0.6) is 0 Å². The molecule has 8 heteroatoms. The van der Waals surface area contributed by atoms with E-state index in [1.165, 1.54) is 12.1 Å². The van der Waals surface area contributed by atoms with Gasteiger partial charge in [-0.15, -0.1) is 0 Å². The van der Waals surface area contributed by atoms with E-state index in [1.54, 1.807) is 59.8 Å². The average Bonchev–Trinajstić information content (AvgIpc) is 3.11. The van der Waals surface area contributed by atoms with Crippen molar-refractivity contribution in [2.24, 2.45) is 0 Å². The molecule has 2 heterocycles. The standard InChI is InChI=1S/C20H16BrN3O3S/c21-16-3-6-18(7-4-16)28(26,27)23-17-5-8-19-14(12-17)9-11-24(19)20(25)15-2-1-10-22-13-15/h1-8,10,12-13,23H,9,11H2. The van der Waals surface area contributed by atoms with Crippen molar-refractivity contribution >= 4 is 43.2 Å². The Kier molecular flexibility index (Phi) is 4.91. The van der Waals surface area contributed by atoms with E-state index in [1.807, 2.05) is 0 Å². The lowest BCUT2D eigenvalue weighted by atomic mass is 10.1. The van der Waals surface area contributed by atoms with E-state index in [2.05, 4.69) is 25.6 Å². The fraction of sp³-hybridized carbons (Fsp3) is 0.100. The van der Waals surface area contributed by atoms with Crippen LogP contribution in [0.1, 0.15) is 15.9 Å². The molecule has 1 aliphatic rings. The van der Waals surface area contributed by atoms with Gasteiger partial charge in [0.2, 0.25) is 0 Å². The van der Waals surface area contributed by atoms with Crippen LogP contribution in [-0.4, -0.2) is 25.9 Å². The second-order valence-corrected chi connectivity index (χ2v) is 8.95. The molecular formula is C20H16BrN3O3S. The summed E-state index contributed by atoms with van der Waals surface area (Å²) in [6, 6.07) is 15.1. The summed E-state index contributed by atoms with van der Waals surface area (Å²) in [6.07, 6.45) is 3.83. The second-order valence-electron chi connectivity index (χ2n) is 6.35. The van der Waals surface area contributed by atoms with Crippen molar-refractivity contribution in [2.75, 3.05) is 16.2 Å². The first kappa shape index (κ1) is 18.6. The number of pyridine rings is 1. The van der Waals surface area contributed by atoms with Crippen LogP contribution in [0.25, 0.3) is 0 Å². The summed E-state index contributed by atoms with van der Waals surface area (Å²) in [7, 11) is -3.68. The number of anilines is 2. The van der Waals surface area contributed by atoms with Crippen LogP contribution in [0.4, 0.5) is 11.4 Å². The van der Waals surface area contributed by atoms with E-state index in [0.717, 1.165) is 15.7 Å². The molecule has 28 heavy (non-hydrogen) atoms. The molecule has 0 bridgehead atoms. The number of hydrogen-bond acceptors (Lipinski definition) is 4. The molecule has 0 saturated carbocycles. The highest BCUT2D eigenvalue weighted by molar-refractivity contribution is 9.10. The number of aromatic nitrogens is 1. The van der Waals surface area contributed by atoms with E-state index >= 15 is 0 Å². The first-order valence-corrected chi connectivity index (χ1v) is 10.8. The van der Waals surface area contributed by atoms with Crippen LogP contribution in [0, 0.1) is 0 Å². The molecule has 0 atom stereocenters.